The summed E-state index contributed by atoms with van der Waals surface area (Å²) in [5.74, 6) is 0.517. The number of rotatable bonds is 4. The van der Waals surface area contributed by atoms with E-state index in [4.69, 9.17) is 4.42 Å². The van der Waals surface area contributed by atoms with Crippen molar-refractivity contribution in [3.05, 3.63) is 23.7 Å². The highest BCUT2D eigenvalue weighted by atomic mass is 16.3. The van der Waals surface area contributed by atoms with Crippen molar-refractivity contribution in [1.82, 2.24) is 5.32 Å². The van der Waals surface area contributed by atoms with Crippen molar-refractivity contribution < 1.29 is 14.3 Å². The second kappa shape index (κ2) is 4.98. The van der Waals surface area contributed by atoms with Crippen LogP contribution < -0.4 is 5.32 Å². The molecule has 0 radical (unpaired) electrons. The van der Waals surface area contributed by atoms with E-state index in [0.717, 1.165) is 0 Å². The minimum absolute atomic E-state index is 0.135. The van der Waals surface area contributed by atoms with Crippen molar-refractivity contribution in [3.8, 4) is 0 Å². The van der Waals surface area contributed by atoms with Crippen LogP contribution in [0.2, 0.25) is 0 Å². The fourth-order valence-electron chi connectivity index (χ4n) is 1.15. The minimum Gasteiger partial charge on any atom is -0.469 e. The molecule has 1 aromatic heterocycles. The van der Waals surface area contributed by atoms with Gasteiger partial charge < -0.3 is 14.8 Å². The Morgan fingerprint density at radius 1 is 1.60 bits per heavy atom. The molecule has 0 fully saturated rings. The first-order valence-electron chi connectivity index (χ1n) is 5.02. The van der Waals surface area contributed by atoms with E-state index in [9.17, 15) is 9.90 Å². The van der Waals surface area contributed by atoms with Gasteiger partial charge in [0, 0.05) is 6.54 Å². The van der Waals surface area contributed by atoms with Gasteiger partial charge >= 0.3 is 0 Å². The molecular formula is C11H17NO3. The summed E-state index contributed by atoms with van der Waals surface area (Å²) < 4.78 is 5.02. The molecule has 0 aliphatic rings. The monoisotopic (exact) mass is 211 g/mol. The SMILES string of the molecule is Cc1occc1C(=O)NCC(O)C(C)C. The van der Waals surface area contributed by atoms with Gasteiger partial charge in [0.05, 0.1) is 17.9 Å². The molecule has 0 aliphatic heterocycles. The van der Waals surface area contributed by atoms with Gasteiger partial charge in [-0.1, -0.05) is 13.8 Å². The number of nitrogens with one attached hydrogen (secondary N) is 1. The smallest absolute Gasteiger partial charge is 0.254 e. The first kappa shape index (κ1) is 11.8. The lowest BCUT2D eigenvalue weighted by molar-refractivity contribution is 0.0870. The summed E-state index contributed by atoms with van der Waals surface area (Å²) in [6.07, 6.45) is 0.963. The maximum atomic E-state index is 11.6. The van der Waals surface area contributed by atoms with Crippen LogP contribution in [0.4, 0.5) is 0 Å². The molecule has 84 valence electrons. The molecule has 0 aliphatic carbocycles. The highest BCUT2D eigenvalue weighted by Gasteiger charge is 2.14. The van der Waals surface area contributed by atoms with Gasteiger partial charge in [0.25, 0.3) is 5.91 Å². The van der Waals surface area contributed by atoms with E-state index in [0.29, 0.717) is 11.3 Å². The van der Waals surface area contributed by atoms with Crippen molar-refractivity contribution in [2.45, 2.75) is 26.9 Å². The van der Waals surface area contributed by atoms with Gasteiger partial charge in [-0.15, -0.1) is 0 Å². The molecule has 1 heterocycles. The van der Waals surface area contributed by atoms with Crippen LogP contribution in [0, 0.1) is 12.8 Å². The minimum atomic E-state index is -0.513. The van der Waals surface area contributed by atoms with E-state index in [-0.39, 0.29) is 18.4 Å². The normalized spacial score (nSPS) is 12.9. The van der Waals surface area contributed by atoms with Crippen molar-refractivity contribution in [3.63, 3.8) is 0 Å². The molecule has 4 nitrogen and oxygen atoms in total. The Kier molecular flexibility index (Phi) is 3.91. The van der Waals surface area contributed by atoms with Crippen LogP contribution in [-0.2, 0) is 0 Å². The van der Waals surface area contributed by atoms with Crippen LogP contribution in [0.1, 0.15) is 30.0 Å². The number of aryl methyl sites for hydroxylation is 1. The number of furan rings is 1. The molecule has 1 aromatic rings. The average Bonchev–Trinajstić information content (AvgIpc) is 2.60. The predicted octanol–water partition coefficient (Wildman–Crippen LogP) is 1.33. The number of amides is 1. The van der Waals surface area contributed by atoms with Crippen molar-refractivity contribution >= 4 is 5.91 Å². The van der Waals surface area contributed by atoms with Gasteiger partial charge in [0.15, 0.2) is 0 Å². The second-order valence-electron chi connectivity index (χ2n) is 3.91. The lowest BCUT2D eigenvalue weighted by Crippen LogP contribution is -2.34. The Balaban J connectivity index is 2.47. The fourth-order valence-corrected chi connectivity index (χ4v) is 1.15. The number of hydrogen-bond acceptors (Lipinski definition) is 3. The zero-order valence-electron chi connectivity index (χ0n) is 9.28. The number of aliphatic hydroxyl groups excluding tert-OH is 1. The second-order valence-corrected chi connectivity index (χ2v) is 3.91. The Bertz CT molecular complexity index is 330. The Hall–Kier alpha value is -1.29. The Morgan fingerprint density at radius 2 is 2.27 bits per heavy atom. The lowest BCUT2D eigenvalue weighted by Gasteiger charge is -2.14. The van der Waals surface area contributed by atoms with Gasteiger partial charge in [-0.05, 0) is 18.9 Å². The molecule has 0 bridgehead atoms. The van der Waals surface area contributed by atoms with Gasteiger partial charge in [-0.3, -0.25) is 4.79 Å². The summed E-state index contributed by atoms with van der Waals surface area (Å²) in [6.45, 7) is 5.80. The van der Waals surface area contributed by atoms with E-state index < -0.39 is 6.10 Å². The number of hydrogen-bond donors (Lipinski definition) is 2. The molecule has 1 amide bonds. The summed E-state index contributed by atoms with van der Waals surface area (Å²) in [5, 5.41) is 12.2. The molecule has 4 heteroatoms. The van der Waals surface area contributed by atoms with Crippen molar-refractivity contribution in [1.29, 1.82) is 0 Å². The third kappa shape index (κ3) is 3.09. The van der Waals surface area contributed by atoms with Crippen LogP contribution in [-0.4, -0.2) is 23.7 Å². The molecule has 0 saturated carbocycles. The maximum absolute atomic E-state index is 11.6. The van der Waals surface area contributed by atoms with Crippen LogP contribution >= 0.6 is 0 Å². The van der Waals surface area contributed by atoms with E-state index in [2.05, 4.69) is 5.32 Å². The quantitative estimate of drug-likeness (QED) is 0.789. The topological polar surface area (TPSA) is 62.5 Å². The van der Waals surface area contributed by atoms with Gasteiger partial charge in [0.1, 0.15) is 5.76 Å². The standard InChI is InChI=1S/C11H17NO3/c1-7(2)10(13)6-12-11(14)9-4-5-15-8(9)3/h4-5,7,10,13H,6H2,1-3H3,(H,12,14). The van der Waals surface area contributed by atoms with E-state index >= 15 is 0 Å². The van der Waals surface area contributed by atoms with Gasteiger partial charge in [-0.2, -0.15) is 0 Å². The molecule has 15 heavy (non-hydrogen) atoms. The highest BCUT2D eigenvalue weighted by Crippen LogP contribution is 2.08. The first-order valence-corrected chi connectivity index (χ1v) is 5.02. The molecular weight excluding hydrogens is 194 g/mol. The largest absolute Gasteiger partial charge is 0.469 e. The number of aliphatic hydroxyl groups is 1. The van der Waals surface area contributed by atoms with Gasteiger partial charge in [-0.25, -0.2) is 0 Å². The third-order valence-electron chi connectivity index (χ3n) is 2.34. The molecule has 1 rings (SSSR count). The molecule has 0 spiro atoms. The van der Waals surface area contributed by atoms with Crippen LogP contribution in [0.3, 0.4) is 0 Å². The molecule has 1 unspecified atom stereocenters. The number of carbonyl (C=O) groups excluding carboxylic acids is 1. The first-order chi connectivity index (χ1) is 7.02. The van der Waals surface area contributed by atoms with Crippen molar-refractivity contribution in [2.24, 2.45) is 5.92 Å². The average molecular weight is 211 g/mol. The molecule has 2 N–H and O–H groups in total. The fraction of sp³-hybridized carbons (Fsp3) is 0.545. The number of carbonyl (C=O) groups is 1. The zero-order chi connectivity index (χ0) is 11.4. The predicted molar refractivity (Wildman–Crippen MR) is 56.6 cm³/mol. The van der Waals surface area contributed by atoms with Crippen LogP contribution in [0.5, 0.6) is 0 Å². The molecule has 0 aromatic carbocycles. The van der Waals surface area contributed by atoms with E-state index in [1.807, 2.05) is 13.8 Å². The maximum Gasteiger partial charge on any atom is 0.254 e. The van der Waals surface area contributed by atoms with Crippen LogP contribution in [0.25, 0.3) is 0 Å². The zero-order valence-corrected chi connectivity index (χ0v) is 9.28. The Morgan fingerprint density at radius 3 is 2.73 bits per heavy atom. The van der Waals surface area contributed by atoms with E-state index in [1.54, 1.807) is 13.0 Å². The highest BCUT2D eigenvalue weighted by molar-refractivity contribution is 5.95. The third-order valence-corrected chi connectivity index (χ3v) is 2.34. The van der Waals surface area contributed by atoms with Crippen molar-refractivity contribution in [2.75, 3.05) is 6.54 Å². The molecule has 1 atom stereocenters. The summed E-state index contributed by atoms with van der Waals surface area (Å²) >= 11 is 0. The molecule has 0 saturated heterocycles. The van der Waals surface area contributed by atoms with Gasteiger partial charge in [0.2, 0.25) is 0 Å². The lowest BCUT2D eigenvalue weighted by atomic mass is 10.1. The Labute approximate surface area is 89.3 Å². The summed E-state index contributed by atoms with van der Waals surface area (Å²) in [7, 11) is 0. The summed E-state index contributed by atoms with van der Waals surface area (Å²) in [5.41, 5.74) is 0.519. The summed E-state index contributed by atoms with van der Waals surface area (Å²) in [4.78, 5) is 11.6. The van der Waals surface area contributed by atoms with Crippen LogP contribution in [0.15, 0.2) is 16.7 Å². The summed E-state index contributed by atoms with van der Waals surface area (Å²) in [6, 6.07) is 1.62. The van der Waals surface area contributed by atoms with E-state index in [1.165, 1.54) is 6.26 Å².